The van der Waals surface area contributed by atoms with Gasteiger partial charge in [-0.25, -0.2) is 0 Å². The Bertz CT molecular complexity index is 538. The Labute approximate surface area is 95.2 Å². The number of hydrogen-bond donors (Lipinski definition) is 0. The molecule has 2 aromatic rings. The first kappa shape index (κ1) is 9.67. The lowest BCUT2D eigenvalue weighted by Crippen LogP contribution is -2.23. The van der Waals surface area contributed by atoms with E-state index >= 15 is 0 Å². The lowest BCUT2D eigenvalue weighted by atomic mass is 10.0. The van der Waals surface area contributed by atoms with Crippen molar-refractivity contribution in [2.24, 2.45) is 0 Å². The summed E-state index contributed by atoms with van der Waals surface area (Å²) in [6.07, 6.45) is 5.20. The molecule has 1 aromatic carbocycles. The van der Waals surface area contributed by atoms with Gasteiger partial charge >= 0.3 is 0 Å². The Morgan fingerprint density at radius 3 is 2.94 bits per heavy atom. The maximum absolute atomic E-state index is 5.70. The standard InChI is InChI=1S/C14H15NO/c1-15-8-6-11(7-9-15)14-13-5-3-2-4-12(13)10-16-14/h2-6,10H,7-9H2,1H3. The van der Waals surface area contributed by atoms with Gasteiger partial charge in [0.2, 0.25) is 0 Å². The van der Waals surface area contributed by atoms with Gasteiger partial charge in [-0.2, -0.15) is 0 Å². The molecule has 1 aliphatic heterocycles. The molecule has 16 heavy (non-hydrogen) atoms. The molecule has 0 bridgehead atoms. The fourth-order valence-electron chi connectivity index (χ4n) is 2.22. The van der Waals surface area contributed by atoms with E-state index in [1.165, 1.54) is 16.3 Å². The Kier molecular flexibility index (Phi) is 2.29. The van der Waals surface area contributed by atoms with E-state index in [1.54, 1.807) is 0 Å². The van der Waals surface area contributed by atoms with Crippen LogP contribution in [0, 0.1) is 0 Å². The van der Waals surface area contributed by atoms with Crippen LogP contribution in [0.5, 0.6) is 0 Å². The van der Waals surface area contributed by atoms with Gasteiger partial charge in [0.15, 0.2) is 0 Å². The van der Waals surface area contributed by atoms with Gasteiger partial charge in [-0.3, -0.25) is 0 Å². The van der Waals surface area contributed by atoms with Gasteiger partial charge in [-0.05, 0) is 19.0 Å². The molecule has 82 valence electrons. The first-order chi connectivity index (χ1) is 7.84. The second kappa shape index (κ2) is 3.80. The molecule has 0 saturated heterocycles. The van der Waals surface area contributed by atoms with Crippen molar-refractivity contribution in [2.75, 3.05) is 20.1 Å². The van der Waals surface area contributed by atoms with Crippen LogP contribution in [-0.4, -0.2) is 25.0 Å². The quantitative estimate of drug-likeness (QED) is 0.723. The highest BCUT2D eigenvalue weighted by Crippen LogP contribution is 2.30. The van der Waals surface area contributed by atoms with Gasteiger partial charge in [0.25, 0.3) is 0 Å². The normalized spacial score (nSPS) is 17.7. The van der Waals surface area contributed by atoms with Gasteiger partial charge in [-0.15, -0.1) is 0 Å². The van der Waals surface area contributed by atoms with Crippen molar-refractivity contribution >= 4 is 16.3 Å². The molecule has 1 aromatic heterocycles. The Balaban J connectivity index is 2.06. The number of furan rings is 1. The summed E-state index contributed by atoms with van der Waals surface area (Å²) < 4.78 is 5.70. The summed E-state index contributed by atoms with van der Waals surface area (Å²) in [5.41, 5.74) is 1.35. The molecule has 0 radical (unpaired) electrons. The summed E-state index contributed by atoms with van der Waals surface area (Å²) in [5.74, 6) is 1.06. The second-order valence-electron chi connectivity index (χ2n) is 4.39. The highest BCUT2D eigenvalue weighted by atomic mass is 16.3. The highest BCUT2D eigenvalue weighted by Gasteiger charge is 2.14. The molecular weight excluding hydrogens is 198 g/mol. The average Bonchev–Trinajstić information content (AvgIpc) is 2.74. The molecule has 2 heteroatoms. The SMILES string of the molecule is CN1CC=C(c2occ3ccccc23)CC1. The highest BCUT2D eigenvalue weighted by molar-refractivity contribution is 5.91. The fraction of sp³-hybridized carbons (Fsp3) is 0.286. The van der Waals surface area contributed by atoms with Crippen LogP contribution in [0.4, 0.5) is 0 Å². The summed E-state index contributed by atoms with van der Waals surface area (Å²) in [4.78, 5) is 2.31. The first-order valence-corrected chi connectivity index (χ1v) is 5.69. The smallest absolute Gasteiger partial charge is 0.137 e. The van der Waals surface area contributed by atoms with E-state index in [0.717, 1.165) is 25.3 Å². The van der Waals surface area contributed by atoms with E-state index in [1.807, 2.05) is 12.3 Å². The van der Waals surface area contributed by atoms with Gasteiger partial charge in [0.1, 0.15) is 5.76 Å². The predicted octanol–water partition coefficient (Wildman–Crippen LogP) is 3.15. The van der Waals surface area contributed by atoms with Crippen molar-refractivity contribution in [3.8, 4) is 0 Å². The van der Waals surface area contributed by atoms with Crippen LogP contribution in [0.1, 0.15) is 12.2 Å². The van der Waals surface area contributed by atoms with E-state index in [0.29, 0.717) is 0 Å². The number of hydrogen-bond acceptors (Lipinski definition) is 2. The second-order valence-corrected chi connectivity index (χ2v) is 4.39. The fourth-order valence-corrected chi connectivity index (χ4v) is 2.22. The largest absolute Gasteiger partial charge is 0.463 e. The van der Waals surface area contributed by atoms with E-state index in [9.17, 15) is 0 Å². The maximum Gasteiger partial charge on any atom is 0.137 e. The summed E-state index contributed by atoms with van der Waals surface area (Å²) in [6.45, 7) is 2.13. The molecule has 0 spiro atoms. The number of likely N-dealkylation sites (N-methyl/N-ethyl adjacent to an activating group) is 1. The van der Waals surface area contributed by atoms with Crippen LogP contribution >= 0.6 is 0 Å². The number of rotatable bonds is 1. The van der Waals surface area contributed by atoms with Crippen LogP contribution in [0.3, 0.4) is 0 Å². The minimum absolute atomic E-state index is 1.02. The topological polar surface area (TPSA) is 16.4 Å². The van der Waals surface area contributed by atoms with Crippen molar-refractivity contribution in [3.05, 3.63) is 42.4 Å². The zero-order valence-electron chi connectivity index (χ0n) is 9.44. The van der Waals surface area contributed by atoms with Crippen LogP contribution in [0.15, 0.2) is 41.0 Å². The van der Waals surface area contributed by atoms with Crippen LogP contribution < -0.4 is 0 Å². The minimum atomic E-state index is 1.02. The van der Waals surface area contributed by atoms with Crippen molar-refractivity contribution in [2.45, 2.75) is 6.42 Å². The van der Waals surface area contributed by atoms with Crippen LogP contribution in [0.25, 0.3) is 16.3 Å². The van der Waals surface area contributed by atoms with Crippen LogP contribution in [-0.2, 0) is 0 Å². The van der Waals surface area contributed by atoms with Crippen molar-refractivity contribution in [3.63, 3.8) is 0 Å². The molecule has 0 saturated carbocycles. The van der Waals surface area contributed by atoms with Crippen LogP contribution in [0.2, 0.25) is 0 Å². The molecule has 1 aliphatic rings. The first-order valence-electron chi connectivity index (χ1n) is 5.69. The predicted molar refractivity (Wildman–Crippen MR) is 66.3 cm³/mol. The number of benzene rings is 1. The molecule has 0 atom stereocenters. The average molecular weight is 213 g/mol. The molecule has 0 unspecified atom stereocenters. The molecule has 2 nitrogen and oxygen atoms in total. The minimum Gasteiger partial charge on any atom is -0.463 e. The van der Waals surface area contributed by atoms with Gasteiger partial charge in [-0.1, -0.05) is 30.3 Å². The Hall–Kier alpha value is -1.54. The van der Waals surface area contributed by atoms with Crippen molar-refractivity contribution in [1.29, 1.82) is 0 Å². The third-order valence-electron chi connectivity index (χ3n) is 3.21. The third kappa shape index (κ3) is 1.55. The van der Waals surface area contributed by atoms with Gasteiger partial charge < -0.3 is 9.32 Å². The summed E-state index contributed by atoms with van der Waals surface area (Å²) in [7, 11) is 2.15. The van der Waals surface area contributed by atoms with Gasteiger partial charge in [0, 0.05) is 23.9 Å². The molecule has 0 N–H and O–H groups in total. The third-order valence-corrected chi connectivity index (χ3v) is 3.21. The van der Waals surface area contributed by atoms with E-state index in [2.05, 4.69) is 36.2 Å². The van der Waals surface area contributed by atoms with Gasteiger partial charge in [0.05, 0.1) is 6.26 Å². The molecular formula is C14H15NO. The molecule has 3 rings (SSSR count). The molecule has 0 fully saturated rings. The summed E-state index contributed by atoms with van der Waals surface area (Å²) >= 11 is 0. The monoisotopic (exact) mass is 213 g/mol. The zero-order chi connectivity index (χ0) is 11.0. The zero-order valence-corrected chi connectivity index (χ0v) is 9.44. The van der Waals surface area contributed by atoms with Crippen molar-refractivity contribution < 1.29 is 4.42 Å². The lowest BCUT2D eigenvalue weighted by Gasteiger charge is -2.20. The summed E-state index contributed by atoms with van der Waals surface area (Å²) in [5, 5.41) is 2.43. The maximum atomic E-state index is 5.70. The number of nitrogens with zero attached hydrogens (tertiary/aromatic N) is 1. The molecule has 0 amide bonds. The summed E-state index contributed by atoms with van der Waals surface area (Å²) in [6, 6.07) is 8.34. The van der Waals surface area contributed by atoms with E-state index < -0.39 is 0 Å². The van der Waals surface area contributed by atoms with E-state index in [4.69, 9.17) is 4.42 Å². The Morgan fingerprint density at radius 1 is 1.25 bits per heavy atom. The molecule has 0 aliphatic carbocycles. The number of fused-ring (bicyclic) bond motifs is 1. The van der Waals surface area contributed by atoms with E-state index in [-0.39, 0.29) is 0 Å². The molecule has 2 heterocycles. The lowest BCUT2D eigenvalue weighted by molar-refractivity contribution is 0.367. The van der Waals surface area contributed by atoms with Crippen molar-refractivity contribution in [1.82, 2.24) is 4.90 Å². The Morgan fingerprint density at radius 2 is 2.12 bits per heavy atom.